The summed E-state index contributed by atoms with van der Waals surface area (Å²) in [5.74, 6) is 0.806. The Hall–Kier alpha value is -1.79. The standard InChI is InChI=1S/C20H25N3O2.2ClH/c1-23(2)11-12-25-18-9-7-17(8-10-18)22-20(24)19-13-15-5-3-4-6-16(15)14-21-19;;/h3-10,19,21H,11-14H2,1-2H3,(H,22,24);2*1H. The number of ether oxygens (including phenoxy) is 1. The second kappa shape index (κ2) is 11.1. The first kappa shape index (κ1) is 23.2. The largest absolute Gasteiger partial charge is 0.492 e. The number of amides is 1. The molecule has 1 amide bonds. The minimum absolute atomic E-state index is 0. The molecule has 2 N–H and O–H groups in total. The molecule has 0 saturated heterocycles. The molecule has 0 aromatic heterocycles. The van der Waals surface area contributed by atoms with Crippen molar-refractivity contribution in [3.63, 3.8) is 0 Å². The van der Waals surface area contributed by atoms with Crippen molar-refractivity contribution in [2.75, 3.05) is 32.6 Å². The number of nitrogens with one attached hydrogen (secondary N) is 2. The fourth-order valence-electron chi connectivity index (χ4n) is 2.85. The maximum absolute atomic E-state index is 12.5. The van der Waals surface area contributed by atoms with Crippen LogP contribution in [0.1, 0.15) is 11.1 Å². The van der Waals surface area contributed by atoms with Gasteiger partial charge in [-0.15, -0.1) is 24.8 Å². The molecule has 0 aliphatic carbocycles. The van der Waals surface area contributed by atoms with E-state index in [1.54, 1.807) is 0 Å². The second-order valence-corrected chi connectivity index (χ2v) is 6.57. The van der Waals surface area contributed by atoms with Gasteiger partial charge in [0.15, 0.2) is 0 Å². The van der Waals surface area contributed by atoms with Crippen molar-refractivity contribution in [2.24, 2.45) is 0 Å². The third-order valence-electron chi connectivity index (χ3n) is 4.33. The van der Waals surface area contributed by atoms with Crippen molar-refractivity contribution >= 4 is 36.4 Å². The molecule has 1 aliphatic rings. The van der Waals surface area contributed by atoms with E-state index in [1.165, 1.54) is 11.1 Å². The molecule has 3 rings (SSSR count). The third kappa shape index (κ3) is 6.70. The maximum atomic E-state index is 12.5. The Balaban J connectivity index is 0.00000182. The summed E-state index contributed by atoms with van der Waals surface area (Å²) in [5, 5.41) is 6.28. The minimum atomic E-state index is -0.203. The predicted octanol–water partition coefficient (Wildman–Crippen LogP) is 3.12. The van der Waals surface area contributed by atoms with Gasteiger partial charge in [0.1, 0.15) is 12.4 Å². The number of hydrogen-bond acceptors (Lipinski definition) is 4. The Morgan fingerprint density at radius 1 is 1.11 bits per heavy atom. The second-order valence-electron chi connectivity index (χ2n) is 6.57. The summed E-state index contributed by atoms with van der Waals surface area (Å²) in [6.07, 6.45) is 0.716. The maximum Gasteiger partial charge on any atom is 0.241 e. The van der Waals surface area contributed by atoms with Crippen LogP contribution in [0, 0.1) is 0 Å². The Bertz CT molecular complexity index is 723. The zero-order chi connectivity index (χ0) is 17.6. The van der Waals surface area contributed by atoms with E-state index in [0.717, 1.165) is 24.5 Å². The number of carbonyl (C=O) groups is 1. The molecule has 7 heteroatoms. The topological polar surface area (TPSA) is 53.6 Å². The van der Waals surface area contributed by atoms with Crippen LogP contribution in [0.15, 0.2) is 48.5 Å². The number of hydrogen-bond donors (Lipinski definition) is 2. The van der Waals surface area contributed by atoms with Crippen molar-refractivity contribution in [2.45, 2.75) is 19.0 Å². The highest BCUT2D eigenvalue weighted by Gasteiger charge is 2.23. The summed E-state index contributed by atoms with van der Waals surface area (Å²) < 4.78 is 5.67. The SMILES string of the molecule is CN(C)CCOc1ccc(NC(=O)C2Cc3ccccc3CN2)cc1.Cl.Cl. The van der Waals surface area contributed by atoms with Gasteiger partial charge in [0.05, 0.1) is 6.04 Å². The van der Waals surface area contributed by atoms with Gasteiger partial charge in [-0.2, -0.15) is 0 Å². The van der Waals surface area contributed by atoms with Crippen LogP contribution in [-0.2, 0) is 17.8 Å². The summed E-state index contributed by atoms with van der Waals surface area (Å²) in [4.78, 5) is 14.6. The van der Waals surface area contributed by atoms with Crippen LogP contribution in [0.25, 0.3) is 0 Å². The van der Waals surface area contributed by atoms with Gasteiger partial charge in [-0.3, -0.25) is 4.79 Å². The van der Waals surface area contributed by atoms with Gasteiger partial charge in [-0.1, -0.05) is 24.3 Å². The van der Waals surface area contributed by atoms with Crippen LogP contribution >= 0.6 is 24.8 Å². The molecule has 1 atom stereocenters. The molecule has 0 radical (unpaired) electrons. The van der Waals surface area contributed by atoms with Gasteiger partial charge in [-0.05, 0) is 55.9 Å². The zero-order valence-electron chi connectivity index (χ0n) is 15.6. The zero-order valence-corrected chi connectivity index (χ0v) is 17.2. The lowest BCUT2D eigenvalue weighted by Gasteiger charge is -2.25. The summed E-state index contributed by atoms with van der Waals surface area (Å²) in [7, 11) is 4.03. The minimum Gasteiger partial charge on any atom is -0.492 e. The molecule has 0 saturated carbocycles. The van der Waals surface area contributed by atoms with E-state index in [0.29, 0.717) is 13.0 Å². The van der Waals surface area contributed by atoms with E-state index < -0.39 is 0 Å². The van der Waals surface area contributed by atoms with Crippen molar-refractivity contribution < 1.29 is 9.53 Å². The molecule has 0 bridgehead atoms. The number of benzene rings is 2. The van der Waals surface area contributed by atoms with Crippen LogP contribution in [0.5, 0.6) is 5.75 Å². The smallest absolute Gasteiger partial charge is 0.241 e. The number of nitrogens with zero attached hydrogens (tertiary/aromatic N) is 1. The summed E-state index contributed by atoms with van der Waals surface area (Å²) in [6, 6.07) is 15.6. The molecule has 1 heterocycles. The van der Waals surface area contributed by atoms with Crippen LogP contribution in [0.3, 0.4) is 0 Å². The van der Waals surface area contributed by atoms with Gasteiger partial charge in [0, 0.05) is 18.8 Å². The van der Waals surface area contributed by atoms with Crippen LogP contribution < -0.4 is 15.4 Å². The van der Waals surface area contributed by atoms with E-state index in [4.69, 9.17) is 4.74 Å². The monoisotopic (exact) mass is 411 g/mol. The van der Waals surface area contributed by atoms with Gasteiger partial charge < -0.3 is 20.3 Å². The number of carbonyl (C=O) groups excluding carboxylic acids is 1. The molecular formula is C20H27Cl2N3O2. The van der Waals surface area contributed by atoms with Gasteiger partial charge in [-0.25, -0.2) is 0 Å². The average molecular weight is 412 g/mol. The van der Waals surface area contributed by atoms with Gasteiger partial charge in [0.25, 0.3) is 0 Å². The Labute approximate surface area is 173 Å². The lowest BCUT2D eigenvalue weighted by Crippen LogP contribution is -2.44. The normalized spacial score (nSPS) is 15.1. The first-order valence-electron chi connectivity index (χ1n) is 8.60. The number of rotatable bonds is 6. The highest BCUT2D eigenvalue weighted by molar-refractivity contribution is 5.95. The van der Waals surface area contributed by atoms with Gasteiger partial charge in [0.2, 0.25) is 5.91 Å². The molecular weight excluding hydrogens is 385 g/mol. The van der Waals surface area contributed by atoms with E-state index in [1.807, 2.05) is 50.5 Å². The Kier molecular flexibility index (Phi) is 9.60. The summed E-state index contributed by atoms with van der Waals surface area (Å²) >= 11 is 0. The quantitative estimate of drug-likeness (QED) is 0.766. The van der Waals surface area contributed by atoms with Crippen molar-refractivity contribution in [3.05, 3.63) is 59.7 Å². The van der Waals surface area contributed by atoms with Crippen molar-refractivity contribution in [1.82, 2.24) is 10.2 Å². The number of anilines is 1. The molecule has 2 aromatic rings. The van der Waals surface area contributed by atoms with E-state index in [2.05, 4.69) is 27.7 Å². The lowest BCUT2D eigenvalue weighted by molar-refractivity contribution is -0.118. The molecule has 148 valence electrons. The first-order chi connectivity index (χ1) is 12.1. The fraction of sp³-hybridized carbons (Fsp3) is 0.350. The molecule has 0 fully saturated rings. The number of halogens is 2. The van der Waals surface area contributed by atoms with Crippen LogP contribution in [0.4, 0.5) is 5.69 Å². The Morgan fingerprint density at radius 2 is 1.78 bits per heavy atom. The highest BCUT2D eigenvalue weighted by Crippen LogP contribution is 2.19. The van der Waals surface area contributed by atoms with Crippen LogP contribution in [-0.4, -0.2) is 44.1 Å². The van der Waals surface area contributed by atoms with Crippen molar-refractivity contribution in [3.8, 4) is 5.75 Å². The van der Waals surface area contributed by atoms with Crippen molar-refractivity contribution in [1.29, 1.82) is 0 Å². The van der Waals surface area contributed by atoms with E-state index >= 15 is 0 Å². The third-order valence-corrected chi connectivity index (χ3v) is 4.33. The van der Waals surface area contributed by atoms with Crippen LogP contribution in [0.2, 0.25) is 0 Å². The van der Waals surface area contributed by atoms with E-state index in [-0.39, 0.29) is 36.8 Å². The van der Waals surface area contributed by atoms with E-state index in [9.17, 15) is 4.79 Å². The molecule has 2 aromatic carbocycles. The Morgan fingerprint density at radius 3 is 2.44 bits per heavy atom. The number of fused-ring (bicyclic) bond motifs is 1. The molecule has 5 nitrogen and oxygen atoms in total. The lowest BCUT2D eigenvalue weighted by atomic mass is 9.95. The summed E-state index contributed by atoms with van der Waals surface area (Å²) in [5.41, 5.74) is 3.29. The first-order valence-corrected chi connectivity index (χ1v) is 8.60. The summed E-state index contributed by atoms with van der Waals surface area (Å²) in [6.45, 7) is 2.24. The average Bonchev–Trinajstić information content (AvgIpc) is 2.62. The fourth-order valence-corrected chi connectivity index (χ4v) is 2.85. The number of likely N-dealkylation sites (N-methyl/N-ethyl adjacent to an activating group) is 1. The molecule has 27 heavy (non-hydrogen) atoms. The highest BCUT2D eigenvalue weighted by atomic mass is 35.5. The van der Waals surface area contributed by atoms with Gasteiger partial charge >= 0.3 is 0 Å². The molecule has 1 unspecified atom stereocenters. The molecule has 1 aliphatic heterocycles. The predicted molar refractivity (Wildman–Crippen MR) is 114 cm³/mol. The molecule has 0 spiro atoms.